The first-order valence-electron chi connectivity index (χ1n) is 17.4. The molecule has 1 atom stereocenters. The summed E-state index contributed by atoms with van der Waals surface area (Å²) in [5.74, 6) is 0.633. The maximum absolute atomic E-state index is 12.4. The summed E-state index contributed by atoms with van der Waals surface area (Å²) in [7, 11) is 0. The van der Waals surface area contributed by atoms with Crippen molar-refractivity contribution in [3.05, 3.63) is 125 Å². The number of rotatable bonds is 16. The van der Waals surface area contributed by atoms with Crippen molar-refractivity contribution in [1.29, 1.82) is 0 Å². The average Bonchev–Trinajstić information content (AvgIpc) is 3.57. The fraction of sp³-hybridized carbons (Fsp3) is 0.317. The van der Waals surface area contributed by atoms with Crippen molar-refractivity contribution >= 4 is 28.6 Å². The van der Waals surface area contributed by atoms with Crippen LogP contribution in [0.15, 0.2) is 97.1 Å². The van der Waals surface area contributed by atoms with E-state index in [0.29, 0.717) is 65.5 Å². The van der Waals surface area contributed by atoms with E-state index in [2.05, 4.69) is 71.0 Å². The van der Waals surface area contributed by atoms with Crippen LogP contribution in [0.1, 0.15) is 54.0 Å². The number of nitrogens with zero attached hydrogens (tertiary/aromatic N) is 1. The first-order valence-corrected chi connectivity index (χ1v) is 17.4. The molecule has 0 radical (unpaired) electrons. The normalized spacial score (nSPS) is 16.5. The molecule has 2 aliphatic heterocycles. The van der Waals surface area contributed by atoms with Crippen LogP contribution in [0.4, 0.5) is 5.69 Å². The number of amides is 2. The highest BCUT2D eigenvalue weighted by molar-refractivity contribution is 6.00. The van der Waals surface area contributed by atoms with Gasteiger partial charge in [-0.3, -0.25) is 19.8 Å². The Labute approximate surface area is 293 Å². The smallest absolute Gasteiger partial charge is 0.243 e. The molecule has 6 rings (SSSR count). The molecular weight excluding hydrogens is 630 g/mol. The van der Waals surface area contributed by atoms with E-state index in [-0.39, 0.29) is 23.6 Å². The van der Waals surface area contributed by atoms with Gasteiger partial charge in [-0.1, -0.05) is 73.7 Å². The van der Waals surface area contributed by atoms with Crippen LogP contribution in [-0.4, -0.2) is 67.4 Å². The standard InChI is InChI=1S/C41H45N3O6/c1-2-35(29-7-4-3-5-8-29)40(30-11-15-33(45)16-12-30)31-13-17-34(18-14-31)50-26-25-49-24-23-48-22-21-42-37-10-6-9-32-27-44(28-36(32)37)38-19-20-39(46)43-41(38)47/h3-18,38,42,45H,2,19-28H2,1H3,(H,43,46,47). The molecule has 0 bridgehead atoms. The van der Waals surface area contributed by atoms with Gasteiger partial charge in [0.05, 0.1) is 32.5 Å². The van der Waals surface area contributed by atoms with E-state index in [1.54, 1.807) is 12.1 Å². The Hall–Kier alpha value is -4.96. The number of carbonyl (C=O) groups excluding carboxylic acids is 2. The summed E-state index contributed by atoms with van der Waals surface area (Å²) in [6.45, 7) is 6.59. The highest BCUT2D eigenvalue weighted by Gasteiger charge is 2.35. The van der Waals surface area contributed by atoms with Gasteiger partial charge >= 0.3 is 0 Å². The van der Waals surface area contributed by atoms with Crippen LogP contribution in [0.2, 0.25) is 0 Å². The van der Waals surface area contributed by atoms with Crippen LogP contribution in [0.3, 0.4) is 0 Å². The summed E-state index contributed by atoms with van der Waals surface area (Å²) in [4.78, 5) is 26.1. The maximum Gasteiger partial charge on any atom is 0.243 e. The van der Waals surface area contributed by atoms with E-state index in [1.165, 1.54) is 22.3 Å². The molecular formula is C41H45N3O6. The zero-order valence-corrected chi connectivity index (χ0v) is 28.5. The monoisotopic (exact) mass is 675 g/mol. The van der Waals surface area contributed by atoms with Gasteiger partial charge in [-0.2, -0.15) is 0 Å². The summed E-state index contributed by atoms with van der Waals surface area (Å²) >= 11 is 0. The SMILES string of the molecule is CCC(=C(c1ccc(O)cc1)c1ccc(OCCOCCOCCNc2cccc3c2CN(C2CCC(=O)NC2=O)C3)cc1)c1ccccc1. The third-order valence-corrected chi connectivity index (χ3v) is 9.17. The molecule has 0 aromatic heterocycles. The second-order valence-corrected chi connectivity index (χ2v) is 12.5. The molecule has 2 amide bonds. The topological polar surface area (TPSA) is 109 Å². The van der Waals surface area contributed by atoms with Crippen molar-refractivity contribution in [1.82, 2.24) is 10.2 Å². The van der Waals surface area contributed by atoms with Gasteiger partial charge in [0.25, 0.3) is 0 Å². The lowest BCUT2D eigenvalue weighted by Crippen LogP contribution is -2.50. The van der Waals surface area contributed by atoms with Gasteiger partial charge in [-0.25, -0.2) is 0 Å². The fourth-order valence-corrected chi connectivity index (χ4v) is 6.69. The number of nitrogens with one attached hydrogen (secondary N) is 2. The van der Waals surface area contributed by atoms with E-state index in [1.807, 2.05) is 36.4 Å². The van der Waals surface area contributed by atoms with Gasteiger partial charge in [0.1, 0.15) is 18.1 Å². The number of allylic oxidation sites excluding steroid dienone is 1. The molecule has 1 saturated heterocycles. The maximum atomic E-state index is 12.4. The highest BCUT2D eigenvalue weighted by Crippen LogP contribution is 2.36. The van der Waals surface area contributed by atoms with Crippen molar-refractivity contribution in [2.24, 2.45) is 0 Å². The molecule has 0 aliphatic carbocycles. The first kappa shape index (κ1) is 34.9. The Bertz CT molecular complexity index is 1770. The molecule has 1 fully saturated rings. The average molecular weight is 676 g/mol. The van der Waals surface area contributed by atoms with Crippen LogP contribution >= 0.6 is 0 Å². The number of hydrogen-bond donors (Lipinski definition) is 3. The number of imide groups is 1. The molecule has 50 heavy (non-hydrogen) atoms. The molecule has 2 aliphatic rings. The van der Waals surface area contributed by atoms with E-state index in [4.69, 9.17) is 14.2 Å². The molecule has 3 N–H and O–H groups in total. The summed E-state index contributed by atoms with van der Waals surface area (Å²) in [6, 6.07) is 31.8. The van der Waals surface area contributed by atoms with E-state index < -0.39 is 0 Å². The Balaban J connectivity index is 0.906. The van der Waals surface area contributed by atoms with E-state index >= 15 is 0 Å². The van der Waals surface area contributed by atoms with Gasteiger partial charge in [-0.15, -0.1) is 0 Å². The van der Waals surface area contributed by atoms with Gasteiger partial charge in [0.15, 0.2) is 0 Å². The zero-order chi connectivity index (χ0) is 34.7. The first-order chi connectivity index (χ1) is 24.5. The molecule has 9 nitrogen and oxygen atoms in total. The van der Waals surface area contributed by atoms with Gasteiger partial charge in [0, 0.05) is 31.7 Å². The van der Waals surface area contributed by atoms with E-state index in [9.17, 15) is 14.7 Å². The Morgan fingerprint density at radius 2 is 1.50 bits per heavy atom. The van der Waals surface area contributed by atoms with Crippen molar-refractivity contribution in [2.75, 3.05) is 44.9 Å². The molecule has 0 saturated carbocycles. The quantitative estimate of drug-likeness (QED) is 0.0711. The zero-order valence-electron chi connectivity index (χ0n) is 28.5. The van der Waals surface area contributed by atoms with Crippen molar-refractivity contribution in [2.45, 2.75) is 45.3 Å². The summed E-state index contributed by atoms with van der Waals surface area (Å²) < 4.78 is 17.5. The molecule has 4 aromatic carbocycles. The predicted octanol–water partition coefficient (Wildman–Crippen LogP) is 6.41. The highest BCUT2D eigenvalue weighted by atomic mass is 16.5. The Morgan fingerprint density at radius 1 is 0.800 bits per heavy atom. The lowest BCUT2D eigenvalue weighted by atomic mass is 9.88. The number of phenols is 1. The Kier molecular flexibility index (Phi) is 11.9. The van der Waals surface area contributed by atoms with Crippen LogP contribution in [0.5, 0.6) is 11.5 Å². The molecule has 2 heterocycles. The third kappa shape index (κ3) is 8.79. The lowest BCUT2D eigenvalue weighted by molar-refractivity contribution is -0.137. The number of fused-ring (bicyclic) bond motifs is 1. The van der Waals surface area contributed by atoms with E-state index in [0.717, 1.165) is 34.6 Å². The van der Waals surface area contributed by atoms with Gasteiger partial charge < -0.3 is 24.6 Å². The number of hydrogen-bond acceptors (Lipinski definition) is 8. The van der Waals surface area contributed by atoms with Gasteiger partial charge in [0.2, 0.25) is 11.8 Å². The number of aromatic hydroxyl groups is 1. The molecule has 260 valence electrons. The number of anilines is 1. The minimum atomic E-state index is -0.269. The number of carbonyl (C=O) groups is 2. The fourth-order valence-electron chi connectivity index (χ4n) is 6.69. The summed E-state index contributed by atoms with van der Waals surface area (Å²) in [5, 5.41) is 15.8. The molecule has 4 aromatic rings. The van der Waals surface area contributed by atoms with Gasteiger partial charge in [-0.05, 0) is 82.1 Å². The van der Waals surface area contributed by atoms with Crippen molar-refractivity contribution in [3.8, 4) is 11.5 Å². The summed E-state index contributed by atoms with van der Waals surface area (Å²) in [5.41, 5.74) is 9.13. The number of benzene rings is 4. The second kappa shape index (κ2) is 17.1. The number of ether oxygens (including phenoxy) is 3. The van der Waals surface area contributed by atoms with Crippen molar-refractivity contribution in [3.63, 3.8) is 0 Å². The molecule has 0 spiro atoms. The van der Waals surface area contributed by atoms with Crippen LogP contribution in [-0.2, 0) is 32.2 Å². The third-order valence-electron chi connectivity index (χ3n) is 9.17. The number of phenolic OH excluding ortho intramolecular Hbond substituents is 1. The Morgan fingerprint density at radius 3 is 2.22 bits per heavy atom. The molecule has 9 heteroatoms. The van der Waals surface area contributed by atoms with Crippen LogP contribution in [0, 0.1) is 0 Å². The van der Waals surface area contributed by atoms with Crippen LogP contribution in [0.25, 0.3) is 11.1 Å². The minimum Gasteiger partial charge on any atom is -0.508 e. The summed E-state index contributed by atoms with van der Waals surface area (Å²) in [6.07, 6.45) is 1.81. The minimum absolute atomic E-state index is 0.189. The largest absolute Gasteiger partial charge is 0.508 e. The van der Waals surface area contributed by atoms with Crippen LogP contribution < -0.4 is 15.4 Å². The lowest BCUT2D eigenvalue weighted by Gasteiger charge is -2.29. The number of piperidine rings is 1. The predicted molar refractivity (Wildman–Crippen MR) is 195 cm³/mol. The van der Waals surface area contributed by atoms with Crippen molar-refractivity contribution < 1.29 is 28.9 Å². The second-order valence-electron chi connectivity index (χ2n) is 12.5. The molecule has 1 unspecified atom stereocenters.